The number of hydrogen-bond acceptors (Lipinski definition) is 4. The van der Waals surface area contributed by atoms with Crippen LogP contribution in [0, 0.1) is 5.92 Å². The minimum Gasteiger partial charge on any atom is -0.389 e. The zero-order valence-corrected chi connectivity index (χ0v) is 12.0. The Morgan fingerprint density at radius 1 is 1.56 bits per heavy atom. The van der Waals surface area contributed by atoms with E-state index in [1.54, 1.807) is 18.5 Å². The van der Waals surface area contributed by atoms with Crippen molar-refractivity contribution >= 4 is 10.0 Å². The van der Waals surface area contributed by atoms with Crippen molar-refractivity contribution in [2.24, 2.45) is 13.0 Å². The summed E-state index contributed by atoms with van der Waals surface area (Å²) < 4.78 is 27.7. The van der Waals surface area contributed by atoms with Gasteiger partial charge in [0.1, 0.15) is 0 Å². The maximum absolute atomic E-state index is 11.9. The van der Waals surface area contributed by atoms with Crippen LogP contribution in [0.4, 0.5) is 0 Å². The SMILES string of the molecule is CC(C)CC(C)(O)CNS(=O)(=O)c1cn(C)cn1. The average molecular weight is 275 g/mol. The van der Waals surface area contributed by atoms with Crippen LogP contribution in [0.2, 0.25) is 0 Å². The highest BCUT2D eigenvalue weighted by Crippen LogP contribution is 2.16. The largest absolute Gasteiger partial charge is 0.389 e. The van der Waals surface area contributed by atoms with E-state index in [9.17, 15) is 13.5 Å². The molecule has 0 aromatic carbocycles. The molecule has 0 saturated carbocycles. The van der Waals surface area contributed by atoms with Crippen LogP contribution < -0.4 is 4.72 Å². The molecule has 0 aliphatic carbocycles. The van der Waals surface area contributed by atoms with Gasteiger partial charge in [-0.05, 0) is 19.3 Å². The van der Waals surface area contributed by atoms with E-state index in [-0.39, 0.29) is 11.6 Å². The number of rotatable bonds is 6. The Morgan fingerprint density at radius 3 is 2.61 bits per heavy atom. The van der Waals surface area contributed by atoms with E-state index in [4.69, 9.17) is 0 Å². The lowest BCUT2D eigenvalue weighted by Crippen LogP contribution is -2.41. The molecule has 0 fully saturated rings. The summed E-state index contributed by atoms with van der Waals surface area (Å²) >= 11 is 0. The topological polar surface area (TPSA) is 84.2 Å². The molecule has 1 unspecified atom stereocenters. The Kier molecular flexibility index (Phi) is 4.52. The quantitative estimate of drug-likeness (QED) is 0.791. The maximum Gasteiger partial charge on any atom is 0.259 e. The summed E-state index contributed by atoms with van der Waals surface area (Å²) in [7, 11) is -1.95. The van der Waals surface area contributed by atoms with Crippen LogP contribution in [-0.4, -0.2) is 35.2 Å². The molecule has 1 aromatic rings. The summed E-state index contributed by atoms with van der Waals surface area (Å²) in [5.74, 6) is 0.291. The highest BCUT2D eigenvalue weighted by atomic mass is 32.2. The Bertz CT molecular complexity index is 491. The lowest BCUT2D eigenvalue weighted by atomic mass is 9.95. The first-order valence-electron chi connectivity index (χ1n) is 5.82. The molecular weight excluding hydrogens is 254 g/mol. The first kappa shape index (κ1) is 15.1. The van der Waals surface area contributed by atoms with E-state index in [1.807, 2.05) is 13.8 Å². The van der Waals surface area contributed by atoms with Crippen LogP contribution in [0.15, 0.2) is 17.6 Å². The molecule has 0 spiro atoms. The lowest BCUT2D eigenvalue weighted by molar-refractivity contribution is 0.0436. The van der Waals surface area contributed by atoms with Crippen LogP contribution in [-0.2, 0) is 17.1 Å². The highest BCUT2D eigenvalue weighted by Gasteiger charge is 2.26. The standard InChI is InChI=1S/C11H21N3O3S/c1-9(2)5-11(3,15)7-13-18(16,17)10-6-14(4)8-12-10/h6,8-9,13,15H,5,7H2,1-4H3. The molecule has 6 nitrogen and oxygen atoms in total. The highest BCUT2D eigenvalue weighted by molar-refractivity contribution is 7.89. The van der Waals surface area contributed by atoms with Gasteiger partial charge in [0, 0.05) is 19.8 Å². The third kappa shape index (κ3) is 4.40. The smallest absolute Gasteiger partial charge is 0.259 e. The Balaban J connectivity index is 2.68. The van der Waals surface area contributed by atoms with Gasteiger partial charge in [-0.3, -0.25) is 0 Å². The van der Waals surface area contributed by atoms with Gasteiger partial charge in [-0.2, -0.15) is 0 Å². The number of nitrogens with zero attached hydrogens (tertiary/aromatic N) is 2. The van der Waals surface area contributed by atoms with Gasteiger partial charge in [-0.1, -0.05) is 13.8 Å². The van der Waals surface area contributed by atoms with Crippen molar-refractivity contribution in [1.29, 1.82) is 0 Å². The molecule has 18 heavy (non-hydrogen) atoms. The second-order valence-corrected chi connectivity index (χ2v) is 7.01. The molecule has 104 valence electrons. The van der Waals surface area contributed by atoms with Crippen LogP contribution in [0.3, 0.4) is 0 Å². The number of nitrogens with one attached hydrogen (secondary N) is 1. The molecule has 2 N–H and O–H groups in total. The van der Waals surface area contributed by atoms with Crippen molar-refractivity contribution in [2.75, 3.05) is 6.54 Å². The molecule has 0 amide bonds. The number of imidazole rings is 1. The van der Waals surface area contributed by atoms with E-state index in [2.05, 4.69) is 9.71 Å². The third-order valence-corrected chi connectivity index (χ3v) is 3.73. The van der Waals surface area contributed by atoms with Crippen LogP contribution in [0.1, 0.15) is 27.2 Å². The number of hydrogen-bond donors (Lipinski definition) is 2. The number of aryl methyl sites for hydroxylation is 1. The molecule has 0 aliphatic heterocycles. The Labute approximate surface area is 108 Å². The van der Waals surface area contributed by atoms with Crippen molar-refractivity contribution in [1.82, 2.24) is 14.3 Å². The van der Waals surface area contributed by atoms with Crippen molar-refractivity contribution in [2.45, 2.75) is 37.8 Å². The minimum atomic E-state index is -3.65. The van der Waals surface area contributed by atoms with E-state index in [0.717, 1.165) is 0 Å². The van der Waals surface area contributed by atoms with Gasteiger partial charge in [0.05, 0.1) is 11.9 Å². The summed E-state index contributed by atoms with van der Waals surface area (Å²) in [6.07, 6.45) is 3.36. The van der Waals surface area contributed by atoms with Crippen LogP contribution >= 0.6 is 0 Å². The normalized spacial score (nSPS) is 15.9. The molecular formula is C11H21N3O3S. The molecule has 7 heteroatoms. The first-order chi connectivity index (χ1) is 8.12. The molecule has 1 atom stereocenters. The molecule has 0 radical (unpaired) electrons. The van der Waals surface area contributed by atoms with Gasteiger partial charge in [0.25, 0.3) is 10.0 Å². The van der Waals surface area contributed by atoms with Crippen molar-refractivity contribution in [3.8, 4) is 0 Å². The van der Waals surface area contributed by atoms with E-state index in [1.165, 1.54) is 12.5 Å². The first-order valence-corrected chi connectivity index (χ1v) is 7.31. The summed E-state index contributed by atoms with van der Waals surface area (Å²) in [5, 5.41) is 10.0. The summed E-state index contributed by atoms with van der Waals surface area (Å²) in [6, 6.07) is 0. The fraction of sp³-hybridized carbons (Fsp3) is 0.727. The molecule has 1 aromatic heterocycles. The summed E-state index contributed by atoms with van der Waals surface area (Å²) in [4.78, 5) is 3.78. The van der Waals surface area contributed by atoms with Crippen LogP contribution in [0.25, 0.3) is 0 Å². The van der Waals surface area contributed by atoms with Crippen molar-refractivity contribution < 1.29 is 13.5 Å². The van der Waals surface area contributed by atoms with Crippen molar-refractivity contribution in [3.63, 3.8) is 0 Å². The second-order valence-electron chi connectivity index (χ2n) is 5.30. The molecule has 1 rings (SSSR count). The predicted octanol–water partition coefficient (Wildman–Crippen LogP) is 0.495. The van der Waals surface area contributed by atoms with E-state index >= 15 is 0 Å². The van der Waals surface area contributed by atoms with Gasteiger partial charge >= 0.3 is 0 Å². The molecule has 0 bridgehead atoms. The maximum atomic E-state index is 11.9. The van der Waals surface area contributed by atoms with Crippen LogP contribution in [0.5, 0.6) is 0 Å². The fourth-order valence-electron chi connectivity index (χ4n) is 1.80. The Hall–Kier alpha value is -0.920. The minimum absolute atomic E-state index is 0.0237. The zero-order chi connectivity index (χ0) is 14.0. The lowest BCUT2D eigenvalue weighted by Gasteiger charge is -2.25. The van der Waals surface area contributed by atoms with Gasteiger partial charge in [-0.15, -0.1) is 0 Å². The second kappa shape index (κ2) is 5.38. The zero-order valence-electron chi connectivity index (χ0n) is 11.2. The predicted molar refractivity (Wildman–Crippen MR) is 68.5 cm³/mol. The van der Waals surface area contributed by atoms with E-state index < -0.39 is 15.6 Å². The van der Waals surface area contributed by atoms with Gasteiger partial charge < -0.3 is 9.67 Å². The monoisotopic (exact) mass is 275 g/mol. The van der Waals surface area contributed by atoms with Gasteiger partial charge in [-0.25, -0.2) is 18.1 Å². The fourth-order valence-corrected chi connectivity index (χ4v) is 2.94. The average Bonchev–Trinajstić information content (AvgIpc) is 2.61. The molecule has 0 saturated heterocycles. The summed E-state index contributed by atoms with van der Waals surface area (Å²) in [5.41, 5.74) is -1.06. The van der Waals surface area contributed by atoms with Gasteiger partial charge in [0.2, 0.25) is 0 Å². The number of aliphatic hydroxyl groups is 1. The number of aromatic nitrogens is 2. The molecule has 0 aliphatic rings. The summed E-state index contributed by atoms with van der Waals surface area (Å²) in [6.45, 7) is 5.54. The number of sulfonamides is 1. The van der Waals surface area contributed by atoms with E-state index in [0.29, 0.717) is 12.3 Å². The van der Waals surface area contributed by atoms with Gasteiger partial charge in [0.15, 0.2) is 5.03 Å². The third-order valence-electron chi connectivity index (χ3n) is 2.45. The Morgan fingerprint density at radius 2 is 2.17 bits per heavy atom. The van der Waals surface area contributed by atoms with Crippen molar-refractivity contribution in [3.05, 3.63) is 12.5 Å². The molecule has 1 heterocycles.